The number of rotatable bonds is 8. The van der Waals surface area contributed by atoms with E-state index in [0.717, 1.165) is 32.5 Å². The van der Waals surface area contributed by atoms with Crippen LogP contribution in [0.3, 0.4) is 0 Å². The van der Waals surface area contributed by atoms with Crippen LogP contribution in [-0.4, -0.2) is 49.1 Å². The van der Waals surface area contributed by atoms with E-state index >= 15 is 0 Å². The van der Waals surface area contributed by atoms with Gasteiger partial charge in [0.15, 0.2) is 6.23 Å². The fourth-order valence-electron chi connectivity index (χ4n) is 3.01. The molecule has 0 amide bonds. The zero-order chi connectivity index (χ0) is 17.4. The highest BCUT2D eigenvalue weighted by Crippen LogP contribution is 2.27. The van der Waals surface area contributed by atoms with E-state index in [4.69, 9.17) is 15.2 Å². The van der Waals surface area contributed by atoms with Crippen LogP contribution >= 0.6 is 0 Å². The molecular weight excluding hydrogens is 306 g/mol. The van der Waals surface area contributed by atoms with Gasteiger partial charge in [0.05, 0.1) is 6.61 Å². The van der Waals surface area contributed by atoms with E-state index in [2.05, 4.69) is 22.3 Å². The molecule has 6 nitrogen and oxygen atoms in total. The van der Waals surface area contributed by atoms with Gasteiger partial charge < -0.3 is 20.5 Å². The van der Waals surface area contributed by atoms with Crippen LogP contribution in [-0.2, 0) is 16.0 Å². The van der Waals surface area contributed by atoms with Gasteiger partial charge in [-0.2, -0.15) is 0 Å². The van der Waals surface area contributed by atoms with Crippen molar-refractivity contribution in [2.24, 2.45) is 5.73 Å². The number of hydrogen-bond acceptors (Lipinski definition) is 6. The minimum Gasteiger partial charge on any atom is -0.435 e. The number of ether oxygens (including phenoxy) is 2. The number of nitrogens with two attached hydrogens (primary N) is 1. The zero-order valence-electron chi connectivity index (χ0n) is 14.6. The average molecular weight is 335 g/mol. The van der Waals surface area contributed by atoms with Crippen molar-refractivity contribution in [3.8, 4) is 0 Å². The molecule has 24 heavy (non-hydrogen) atoms. The molecule has 6 heteroatoms. The van der Waals surface area contributed by atoms with Crippen LogP contribution in [0.25, 0.3) is 0 Å². The third-order valence-electron chi connectivity index (χ3n) is 4.13. The predicted molar refractivity (Wildman–Crippen MR) is 93.4 cm³/mol. The number of nitrogens with one attached hydrogen (secondary N) is 1. The first-order valence-corrected chi connectivity index (χ1v) is 8.69. The normalized spacial score (nSPS) is 22.3. The number of nitrogens with zero attached hydrogens (tertiary/aromatic N) is 1. The van der Waals surface area contributed by atoms with E-state index < -0.39 is 6.16 Å². The third kappa shape index (κ3) is 5.78. The molecule has 0 aromatic heterocycles. The lowest BCUT2D eigenvalue weighted by Gasteiger charge is -2.30. The lowest BCUT2D eigenvalue weighted by molar-refractivity contribution is -0.0410. The van der Waals surface area contributed by atoms with Gasteiger partial charge in [-0.1, -0.05) is 30.3 Å². The molecule has 1 saturated heterocycles. The van der Waals surface area contributed by atoms with Crippen molar-refractivity contribution in [1.29, 1.82) is 0 Å². The van der Waals surface area contributed by atoms with Gasteiger partial charge >= 0.3 is 6.16 Å². The van der Waals surface area contributed by atoms with Crippen molar-refractivity contribution in [1.82, 2.24) is 10.2 Å². The van der Waals surface area contributed by atoms with Gasteiger partial charge in [-0.05, 0) is 25.8 Å². The second kappa shape index (κ2) is 9.61. The zero-order valence-corrected chi connectivity index (χ0v) is 14.6. The Balaban J connectivity index is 1.99. The molecule has 0 spiro atoms. The second-order valence-electron chi connectivity index (χ2n) is 6.28. The molecular formula is C18H29N3O3. The summed E-state index contributed by atoms with van der Waals surface area (Å²) >= 11 is 0. The Labute approximate surface area is 144 Å². The van der Waals surface area contributed by atoms with Gasteiger partial charge in [-0.15, -0.1) is 0 Å². The predicted octanol–water partition coefficient (Wildman–Crippen LogP) is 2.09. The number of hydrogen-bond donors (Lipinski definition) is 2. The van der Waals surface area contributed by atoms with E-state index in [1.807, 2.05) is 25.1 Å². The number of carbonyl (C=O) groups is 1. The van der Waals surface area contributed by atoms with Crippen LogP contribution < -0.4 is 11.1 Å². The maximum absolute atomic E-state index is 11.7. The summed E-state index contributed by atoms with van der Waals surface area (Å²) in [6, 6.07) is 10.7. The first kappa shape index (κ1) is 18.7. The summed E-state index contributed by atoms with van der Waals surface area (Å²) in [4.78, 5) is 13.9. The lowest BCUT2D eigenvalue weighted by Crippen LogP contribution is -2.44. The van der Waals surface area contributed by atoms with Gasteiger partial charge in [0, 0.05) is 38.1 Å². The topological polar surface area (TPSA) is 76.8 Å². The SMILES string of the molecule is CCOC(=O)O[C@@H]1CC[C@@H](CNCC(C)N)N1Cc1ccccc1. The van der Waals surface area contributed by atoms with E-state index in [1.54, 1.807) is 6.92 Å². The number of benzene rings is 1. The second-order valence-corrected chi connectivity index (χ2v) is 6.28. The van der Waals surface area contributed by atoms with Crippen molar-refractivity contribution >= 4 is 6.16 Å². The molecule has 134 valence electrons. The molecule has 0 saturated carbocycles. The molecule has 1 unspecified atom stereocenters. The van der Waals surface area contributed by atoms with E-state index in [0.29, 0.717) is 12.6 Å². The molecule has 0 radical (unpaired) electrons. The minimum atomic E-state index is -0.593. The standard InChI is InChI=1S/C18H29N3O3/c1-3-23-18(22)24-17-10-9-16(12-20-11-14(2)19)21(17)13-15-7-5-4-6-8-15/h4-8,14,16-17,20H,3,9-13,19H2,1-2H3/t14?,16-,17+/m0/s1. The van der Waals surface area contributed by atoms with Crippen LogP contribution in [0.15, 0.2) is 30.3 Å². The average Bonchev–Trinajstić information content (AvgIpc) is 2.90. The molecule has 0 aliphatic carbocycles. The van der Waals surface area contributed by atoms with Crippen LogP contribution in [0, 0.1) is 0 Å². The monoisotopic (exact) mass is 335 g/mol. The summed E-state index contributed by atoms with van der Waals surface area (Å²) in [6.45, 7) is 6.43. The maximum Gasteiger partial charge on any atom is 0.509 e. The first-order chi connectivity index (χ1) is 11.6. The fourth-order valence-corrected chi connectivity index (χ4v) is 3.01. The van der Waals surface area contributed by atoms with Crippen molar-refractivity contribution in [2.75, 3.05) is 19.7 Å². The number of likely N-dealkylation sites (tertiary alicyclic amines) is 1. The summed E-state index contributed by atoms with van der Waals surface area (Å²) in [5, 5.41) is 3.40. The molecule has 1 aromatic carbocycles. The Bertz CT molecular complexity index is 496. The highest BCUT2D eigenvalue weighted by molar-refractivity contribution is 5.60. The number of carbonyl (C=O) groups excluding carboxylic acids is 1. The van der Waals surface area contributed by atoms with Crippen LogP contribution in [0.1, 0.15) is 32.3 Å². The largest absolute Gasteiger partial charge is 0.509 e. The van der Waals surface area contributed by atoms with E-state index in [1.165, 1.54) is 5.56 Å². The molecule has 1 aliphatic rings. The van der Waals surface area contributed by atoms with Gasteiger partial charge in [0.25, 0.3) is 0 Å². The first-order valence-electron chi connectivity index (χ1n) is 8.69. The van der Waals surface area contributed by atoms with Gasteiger partial charge in [0.2, 0.25) is 0 Å². The van der Waals surface area contributed by atoms with Gasteiger partial charge in [0.1, 0.15) is 0 Å². The third-order valence-corrected chi connectivity index (χ3v) is 4.13. The maximum atomic E-state index is 11.7. The summed E-state index contributed by atoms with van der Waals surface area (Å²) in [6.07, 6.45) is 0.954. The van der Waals surface area contributed by atoms with E-state index in [-0.39, 0.29) is 12.3 Å². The van der Waals surface area contributed by atoms with Crippen molar-refractivity contribution in [2.45, 2.75) is 51.5 Å². The smallest absolute Gasteiger partial charge is 0.435 e. The molecule has 2 rings (SSSR count). The molecule has 1 aromatic rings. The Kier molecular flexibility index (Phi) is 7.49. The molecule has 1 heterocycles. The Morgan fingerprint density at radius 3 is 2.79 bits per heavy atom. The Morgan fingerprint density at radius 2 is 2.12 bits per heavy atom. The summed E-state index contributed by atoms with van der Waals surface area (Å²) in [5.41, 5.74) is 7.00. The van der Waals surface area contributed by atoms with Crippen LogP contribution in [0.4, 0.5) is 4.79 Å². The summed E-state index contributed by atoms with van der Waals surface area (Å²) in [5.74, 6) is 0. The molecule has 3 N–H and O–H groups in total. The molecule has 3 atom stereocenters. The molecule has 1 fully saturated rings. The van der Waals surface area contributed by atoms with E-state index in [9.17, 15) is 4.79 Å². The quantitative estimate of drug-likeness (QED) is 0.709. The summed E-state index contributed by atoms with van der Waals surface area (Å²) in [7, 11) is 0. The highest BCUT2D eigenvalue weighted by Gasteiger charge is 2.36. The molecule has 1 aliphatic heterocycles. The van der Waals surface area contributed by atoms with Crippen molar-refractivity contribution in [3.05, 3.63) is 35.9 Å². The highest BCUT2D eigenvalue weighted by atomic mass is 16.7. The van der Waals surface area contributed by atoms with Crippen LogP contribution in [0.2, 0.25) is 0 Å². The van der Waals surface area contributed by atoms with Crippen molar-refractivity contribution < 1.29 is 14.3 Å². The Hall–Kier alpha value is -1.63. The van der Waals surface area contributed by atoms with Gasteiger partial charge in [-0.25, -0.2) is 4.79 Å². The lowest BCUT2D eigenvalue weighted by atomic mass is 10.2. The van der Waals surface area contributed by atoms with Crippen LogP contribution in [0.5, 0.6) is 0 Å². The minimum absolute atomic E-state index is 0.126. The summed E-state index contributed by atoms with van der Waals surface area (Å²) < 4.78 is 10.4. The molecule has 0 bridgehead atoms. The van der Waals surface area contributed by atoms with Gasteiger partial charge in [-0.3, -0.25) is 4.90 Å². The van der Waals surface area contributed by atoms with Crippen molar-refractivity contribution in [3.63, 3.8) is 0 Å². The fraction of sp³-hybridized carbons (Fsp3) is 0.611. The Morgan fingerprint density at radius 1 is 1.38 bits per heavy atom.